The summed E-state index contributed by atoms with van der Waals surface area (Å²) in [6.07, 6.45) is 3.22. The highest BCUT2D eigenvalue weighted by atomic mass is 32.2. The Morgan fingerprint density at radius 2 is 2.00 bits per heavy atom. The maximum Gasteiger partial charge on any atom is 0.0231 e. The van der Waals surface area contributed by atoms with Crippen LogP contribution in [0.5, 0.6) is 0 Å². The molecule has 2 nitrogen and oxygen atoms in total. The summed E-state index contributed by atoms with van der Waals surface area (Å²) < 4.78 is 0. The van der Waals surface area contributed by atoms with Crippen LogP contribution in [-0.2, 0) is 6.54 Å². The Balaban J connectivity index is 2.27. The third kappa shape index (κ3) is 5.54. The van der Waals surface area contributed by atoms with Gasteiger partial charge in [0.1, 0.15) is 0 Å². The van der Waals surface area contributed by atoms with Gasteiger partial charge in [-0.1, -0.05) is 30.3 Å². The first kappa shape index (κ1) is 13.6. The van der Waals surface area contributed by atoms with Crippen molar-refractivity contribution in [2.75, 3.05) is 25.6 Å². The second-order valence-corrected chi connectivity index (χ2v) is 5.21. The smallest absolute Gasteiger partial charge is 0.0231 e. The fraction of sp³-hybridized carbons (Fsp3) is 0.538. The van der Waals surface area contributed by atoms with Crippen molar-refractivity contribution in [3.63, 3.8) is 0 Å². The van der Waals surface area contributed by atoms with Crippen molar-refractivity contribution >= 4 is 11.8 Å². The van der Waals surface area contributed by atoms with Crippen LogP contribution >= 0.6 is 11.8 Å². The molecule has 0 amide bonds. The highest BCUT2D eigenvalue weighted by molar-refractivity contribution is 7.98. The molecule has 0 aliphatic rings. The minimum Gasteiger partial charge on any atom is -0.327 e. The predicted molar refractivity (Wildman–Crippen MR) is 73.8 cm³/mol. The van der Waals surface area contributed by atoms with Gasteiger partial charge in [-0.25, -0.2) is 0 Å². The van der Waals surface area contributed by atoms with E-state index in [4.69, 9.17) is 5.73 Å². The first-order valence-corrected chi connectivity index (χ1v) is 7.08. The quantitative estimate of drug-likeness (QED) is 0.789. The van der Waals surface area contributed by atoms with Gasteiger partial charge in [0.25, 0.3) is 0 Å². The molecule has 0 aliphatic heterocycles. The molecule has 0 spiro atoms. The summed E-state index contributed by atoms with van der Waals surface area (Å²) in [4.78, 5) is 2.29. The summed E-state index contributed by atoms with van der Waals surface area (Å²) in [5, 5.41) is 0. The molecule has 2 N–H and O–H groups in total. The second-order valence-electron chi connectivity index (χ2n) is 4.22. The van der Waals surface area contributed by atoms with E-state index in [-0.39, 0.29) is 0 Å². The zero-order valence-corrected chi connectivity index (χ0v) is 11.0. The standard InChI is InChI=1S/C13H22N2S/c1-15(11-13(14)8-9-16-2)10-12-6-4-3-5-7-12/h3-7,13H,8-11,14H2,1-2H3. The predicted octanol–water partition coefficient (Wildman–Crippen LogP) is 2.20. The van der Waals surface area contributed by atoms with Crippen LogP contribution in [0, 0.1) is 0 Å². The molecule has 0 aromatic heterocycles. The molecule has 0 aliphatic carbocycles. The maximum absolute atomic E-state index is 6.06. The Kier molecular flexibility index (Phi) is 6.53. The number of likely N-dealkylation sites (N-methyl/N-ethyl adjacent to an activating group) is 1. The third-order valence-electron chi connectivity index (χ3n) is 2.53. The molecule has 90 valence electrons. The molecule has 16 heavy (non-hydrogen) atoms. The Morgan fingerprint density at radius 1 is 1.31 bits per heavy atom. The van der Waals surface area contributed by atoms with Crippen molar-refractivity contribution in [3.05, 3.63) is 35.9 Å². The van der Waals surface area contributed by atoms with E-state index in [2.05, 4.69) is 42.5 Å². The lowest BCUT2D eigenvalue weighted by Crippen LogP contribution is -2.35. The Morgan fingerprint density at radius 3 is 2.62 bits per heavy atom. The lowest BCUT2D eigenvalue weighted by molar-refractivity contribution is 0.301. The number of nitrogens with zero attached hydrogens (tertiary/aromatic N) is 1. The number of benzene rings is 1. The monoisotopic (exact) mass is 238 g/mol. The summed E-state index contributed by atoms with van der Waals surface area (Å²) in [6, 6.07) is 10.8. The van der Waals surface area contributed by atoms with Crippen LogP contribution in [0.4, 0.5) is 0 Å². The second kappa shape index (κ2) is 7.71. The number of hydrogen-bond acceptors (Lipinski definition) is 3. The third-order valence-corrected chi connectivity index (χ3v) is 3.18. The molecule has 1 atom stereocenters. The van der Waals surface area contributed by atoms with Crippen molar-refractivity contribution in [3.8, 4) is 0 Å². The number of thioether (sulfide) groups is 1. The van der Waals surface area contributed by atoms with E-state index < -0.39 is 0 Å². The SMILES string of the molecule is CSCCC(N)CN(C)Cc1ccccc1. The van der Waals surface area contributed by atoms with Crippen molar-refractivity contribution in [1.29, 1.82) is 0 Å². The lowest BCUT2D eigenvalue weighted by atomic mass is 10.2. The molecule has 0 saturated carbocycles. The van der Waals surface area contributed by atoms with E-state index in [0.29, 0.717) is 6.04 Å². The lowest BCUT2D eigenvalue weighted by Gasteiger charge is -2.21. The Labute approximate surface area is 103 Å². The average molecular weight is 238 g/mol. The van der Waals surface area contributed by atoms with E-state index in [1.54, 1.807) is 0 Å². The van der Waals surface area contributed by atoms with Gasteiger partial charge in [-0.2, -0.15) is 11.8 Å². The van der Waals surface area contributed by atoms with Gasteiger partial charge in [0.2, 0.25) is 0 Å². The molecule has 0 fully saturated rings. The van der Waals surface area contributed by atoms with Crippen molar-refractivity contribution in [1.82, 2.24) is 4.90 Å². The average Bonchev–Trinajstić information content (AvgIpc) is 2.27. The van der Waals surface area contributed by atoms with Gasteiger partial charge in [-0.3, -0.25) is 0 Å². The van der Waals surface area contributed by atoms with E-state index >= 15 is 0 Å². The summed E-state index contributed by atoms with van der Waals surface area (Å²) >= 11 is 1.86. The molecule has 3 heteroatoms. The molecule has 0 radical (unpaired) electrons. The summed E-state index contributed by atoms with van der Waals surface area (Å²) in [5.74, 6) is 1.15. The van der Waals surface area contributed by atoms with Crippen molar-refractivity contribution in [2.45, 2.75) is 19.0 Å². The van der Waals surface area contributed by atoms with Gasteiger partial charge in [0, 0.05) is 19.1 Å². The topological polar surface area (TPSA) is 29.3 Å². The molecule has 0 saturated heterocycles. The molecule has 1 aromatic carbocycles. The zero-order chi connectivity index (χ0) is 11.8. The molecule has 0 heterocycles. The molecule has 0 bridgehead atoms. The highest BCUT2D eigenvalue weighted by Crippen LogP contribution is 2.05. The molecule has 1 aromatic rings. The van der Waals surface area contributed by atoms with Crippen LogP contribution in [-0.4, -0.2) is 36.5 Å². The van der Waals surface area contributed by atoms with Gasteiger partial charge in [0.05, 0.1) is 0 Å². The minimum absolute atomic E-state index is 0.293. The van der Waals surface area contributed by atoms with Crippen LogP contribution in [0.3, 0.4) is 0 Å². The maximum atomic E-state index is 6.06. The summed E-state index contributed by atoms with van der Waals surface area (Å²) in [7, 11) is 2.13. The normalized spacial score (nSPS) is 13.0. The fourth-order valence-corrected chi connectivity index (χ4v) is 2.26. The molecule has 1 rings (SSSR count). The van der Waals surface area contributed by atoms with Crippen LogP contribution in [0.2, 0.25) is 0 Å². The van der Waals surface area contributed by atoms with E-state index in [1.807, 2.05) is 17.8 Å². The van der Waals surface area contributed by atoms with Gasteiger partial charge >= 0.3 is 0 Å². The Hall–Kier alpha value is -0.510. The van der Waals surface area contributed by atoms with Crippen LogP contribution in [0.15, 0.2) is 30.3 Å². The van der Waals surface area contributed by atoms with Crippen LogP contribution in [0.25, 0.3) is 0 Å². The highest BCUT2D eigenvalue weighted by Gasteiger charge is 2.06. The fourth-order valence-electron chi connectivity index (χ4n) is 1.72. The zero-order valence-electron chi connectivity index (χ0n) is 10.2. The Bertz CT molecular complexity index is 277. The van der Waals surface area contributed by atoms with Gasteiger partial charge in [-0.15, -0.1) is 0 Å². The summed E-state index contributed by atoms with van der Waals surface area (Å²) in [6.45, 7) is 1.95. The van der Waals surface area contributed by atoms with E-state index in [0.717, 1.165) is 25.3 Å². The summed E-state index contributed by atoms with van der Waals surface area (Å²) in [5.41, 5.74) is 7.41. The number of hydrogen-bond donors (Lipinski definition) is 1. The van der Waals surface area contributed by atoms with Crippen molar-refractivity contribution < 1.29 is 0 Å². The van der Waals surface area contributed by atoms with Gasteiger partial charge < -0.3 is 10.6 Å². The van der Waals surface area contributed by atoms with Gasteiger partial charge in [-0.05, 0) is 31.0 Å². The van der Waals surface area contributed by atoms with Crippen LogP contribution < -0.4 is 5.73 Å². The largest absolute Gasteiger partial charge is 0.327 e. The minimum atomic E-state index is 0.293. The molecule has 1 unspecified atom stereocenters. The first-order chi connectivity index (χ1) is 7.72. The van der Waals surface area contributed by atoms with E-state index in [9.17, 15) is 0 Å². The molecular formula is C13H22N2S. The number of rotatable bonds is 7. The van der Waals surface area contributed by atoms with Crippen LogP contribution in [0.1, 0.15) is 12.0 Å². The first-order valence-electron chi connectivity index (χ1n) is 5.69. The van der Waals surface area contributed by atoms with E-state index in [1.165, 1.54) is 5.56 Å². The van der Waals surface area contributed by atoms with Gasteiger partial charge in [0.15, 0.2) is 0 Å². The molecular weight excluding hydrogens is 216 g/mol. The van der Waals surface area contributed by atoms with Crippen molar-refractivity contribution in [2.24, 2.45) is 5.73 Å². The number of nitrogens with two attached hydrogens (primary N) is 1.